The highest BCUT2D eigenvalue weighted by atomic mass is 35.5. The van der Waals surface area contributed by atoms with Gasteiger partial charge in [-0.3, -0.25) is 19.0 Å². The lowest BCUT2D eigenvalue weighted by atomic mass is 10.1. The predicted octanol–water partition coefficient (Wildman–Crippen LogP) is 1.66. The first kappa shape index (κ1) is 22.6. The van der Waals surface area contributed by atoms with Crippen molar-refractivity contribution in [3.05, 3.63) is 35.3 Å². The van der Waals surface area contributed by atoms with Gasteiger partial charge in [-0.15, -0.1) is 0 Å². The van der Waals surface area contributed by atoms with Crippen molar-refractivity contribution in [1.82, 2.24) is 24.7 Å². The molecule has 1 fully saturated rings. The minimum Gasteiger partial charge on any atom is -0.459 e. The van der Waals surface area contributed by atoms with Gasteiger partial charge in [-0.1, -0.05) is 16.8 Å². The van der Waals surface area contributed by atoms with Crippen LogP contribution in [-0.2, 0) is 39.9 Å². The number of rotatable bonds is 6. The molecule has 0 saturated carbocycles. The number of hydrogen-bond donors (Lipinski definition) is 0. The second kappa shape index (κ2) is 9.11. The molecule has 3 aromatic rings. The zero-order valence-electron chi connectivity index (χ0n) is 17.6. The van der Waals surface area contributed by atoms with Crippen molar-refractivity contribution in [2.75, 3.05) is 0 Å². The molecule has 14 heteroatoms. The molecule has 174 valence electrons. The van der Waals surface area contributed by atoms with E-state index in [-0.39, 0.29) is 17.5 Å². The SMILES string of the molecule is CC(=O)OCc1cc([C@H]2O[C@@H](n3cnc4c(Cl)ncnc43)[C@H](OC(C)=O)[C@H]2OC(C)=O)on1. The van der Waals surface area contributed by atoms with Gasteiger partial charge in [0.05, 0.1) is 6.33 Å². The molecule has 0 bridgehead atoms. The van der Waals surface area contributed by atoms with E-state index in [0.717, 1.165) is 0 Å². The zero-order valence-corrected chi connectivity index (χ0v) is 18.4. The summed E-state index contributed by atoms with van der Waals surface area (Å²) in [5.41, 5.74) is 0.929. The van der Waals surface area contributed by atoms with E-state index in [9.17, 15) is 14.4 Å². The van der Waals surface area contributed by atoms with E-state index in [0.29, 0.717) is 16.9 Å². The summed E-state index contributed by atoms with van der Waals surface area (Å²) in [6.45, 7) is 3.56. The van der Waals surface area contributed by atoms with E-state index in [1.54, 1.807) is 0 Å². The van der Waals surface area contributed by atoms with Crippen LogP contribution in [0.5, 0.6) is 0 Å². The average Bonchev–Trinajstić information content (AvgIpc) is 3.44. The van der Waals surface area contributed by atoms with Crippen LogP contribution in [0.2, 0.25) is 5.15 Å². The van der Waals surface area contributed by atoms with Gasteiger partial charge in [0.25, 0.3) is 0 Å². The average molecular weight is 480 g/mol. The van der Waals surface area contributed by atoms with Crippen molar-refractivity contribution in [2.24, 2.45) is 0 Å². The number of aromatic nitrogens is 5. The molecule has 3 aromatic heterocycles. The molecule has 1 saturated heterocycles. The fourth-order valence-electron chi connectivity index (χ4n) is 3.45. The number of halogens is 1. The second-order valence-corrected chi connectivity index (χ2v) is 7.44. The number of carbonyl (C=O) groups excluding carboxylic acids is 3. The van der Waals surface area contributed by atoms with Crippen LogP contribution in [-0.4, -0.2) is 54.8 Å². The van der Waals surface area contributed by atoms with Crippen molar-refractivity contribution < 1.29 is 37.9 Å². The molecule has 0 spiro atoms. The van der Waals surface area contributed by atoms with Crippen LogP contribution in [0.3, 0.4) is 0 Å². The first-order chi connectivity index (χ1) is 15.7. The van der Waals surface area contributed by atoms with Gasteiger partial charge in [-0.2, -0.15) is 0 Å². The van der Waals surface area contributed by atoms with E-state index >= 15 is 0 Å². The van der Waals surface area contributed by atoms with Crippen LogP contribution < -0.4 is 0 Å². The molecular formula is C19H18ClN5O8. The molecule has 4 heterocycles. The topological polar surface area (TPSA) is 158 Å². The molecule has 4 rings (SSSR count). The Hall–Kier alpha value is -3.58. The van der Waals surface area contributed by atoms with Crippen LogP contribution >= 0.6 is 11.6 Å². The van der Waals surface area contributed by atoms with Crippen molar-refractivity contribution in [1.29, 1.82) is 0 Å². The van der Waals surface area contributed by atoms with Crippen LogP contribution in [0.4, 0.5) is 0 Å². The highest BCUT2D eigenvalue weighted by Gasteiger charge is 2.52. The Labute approximate surface area is 190 Å². The Morgan fingerprint density at radius 3 is 2.48 bits per heavy atom. The van der Waals surface area contributed by atoms with Crippen LogP contribution in [0.1, 0.15) is 44.6 Å². The van der Waals surface area contributed by atoms with Crippen LogP contribution in [0.25, 0.3) is 11.2 Å². The number of ether oxygens (including phenoxy) is 4. The lowest BCUT2D eigenvalue weighted by molar-refractivity contribution is -0.165. The number of carbonyl (C=O) groups is 3. The summed E-state index contributed by atoms with van der Waals surface area (Å²) < 4.78 is 28.8. The molecule has 0 N–H and O–H groups in total. The highest BCUT2D eigenvalue weighted by molar-refractivity contribution is 6.33. The summed E-state index contributed by atoms with van der Waals surface area (Å²) in [5.74, 6) is -1.58. The standard InChI is InChI=1S/C19H18ClN5O8/c1-8(26)29-5-11-4-12(33-24-11)14-15(30-9(2)27)16(31-10(3)28)19(32-14)25-7-23-13-17(20)21-6-22-18(13)25/h4,6-7,14-16,19H,5H2,1-3H3/t14-,15+,16-,19-/m1/s1. The van der Waals surface area contributed by atoms with Crippen molar-refractivity contribution in [3.8, 4) is 0 Å². The number of imidazole rings is 1. The summed E-state index contributed by atoms with van der Waals surface area (Å²) in [5, 5.41) is 3.97. The molecule has 0 amide bonds. The van der Waals surface area contributed by atoms with Gasteiger partial charge in [-0.25, -0.2) is 15.0 Å². The van der Waals surface area contributed by atoms with Gasteiger partial charge < -0.3 is 23.5 Å². The third-order valence-electron chi connectivity index (χ3n) is 4.66. The Balaban J connectivity index is 1.73. The first-order valence-electron chi connectivity index (χ1n) is 9.66. The minimum absolute atomic E-state index is 0.123. The summed E-state index contributed by atoms with van der Waals surface area (Å²) in [4.78, 5) is 47.1. The van der Waals surface area contributed by atoms with Gasteiger partial charge in [-0.05, 0) is 0 Å². The first-order valence-corrected chi connectivity index (χ1v) is 10.0. The van der Waals surface area contributed by atoms with E-state index in [1.807, 2.05) is 0 Å². The smallest absolute Gasteiger partial charge is 0.303 e. The fraction of sp³-hybridized carbons (Fsp3) is 0.421. The Morgan fingerprint density at radius 1 is 1.06 bits per heavy atom. The molecule has 0 aliphatic carbocycles. The van der Waals surface area contributed by atoms with E-state index in [4.69, 9.17) is 35.1 Å². The number of nitrogens with zero attached hydrogens (tertiary/aromatic N) is 5. The summed E-state index contributed by atoms with van der Waals surface area (Å²) in [6, 6.07) is 1.49. The predicted molar refractivity (Wildman–Crippen MR) is 106 cm³/mol. The van der Waals surface area contributed by atoms with Gasteiger partial charge >= 0.3 is 17.9 Å². The Morgan fingerprint density at radius 2 is 1.79 bits per heavy atom. The van der Waals surface area contributed by atoms with Gasteiger partial charge in [0, 0.05) is 26.8 Å². The maximum Gasteiger partial charge on any atom is 0.303 e. The summed E-state index contributed by atoms with van der Waals surface area (Å²) >= 11 is 6.09. The highest BCUT2D eigenvalue weighted by Crippen LogP contribution is 2.43. The van der Waals surface area contributed by atoms with Crippen molar-refractivity contribution in [2.45, 2.75) is 51.9 Å². The normalized spacial score (nSPS) is 22.3. The van der Waals surface area contributed by atoms with Crippen LogP contribution in [0, 0.1) is 0 Å². The van der Waals surface area contributed by atoms with Gasteiger partial charge in [0.1, 0.15) is 24.1 Å². The number of esters is 3. The molecule has 0 radical (unpaired) electrons. The molecule has 1 aliphatic heterocycles. The lowest BCUT2D eigenvalue weighted by Crippen LogP contribution is -2.36. The van der Waals surface area contributed by atoms with E-state index in [1.165, 1.54) is 44.1 Å². The number of fused-ring (bicyclic) bond motifs is 1. The largest absolute Gasteiger partial charge is 0.459 e. The third kappa shape index (κ3) is 4.64. The molecule has 4 atom stereocenters. The van der Waals surface area contributed by atoms with Gasteiger partial charge in [0.2, 0.25) is 0 Å². The summed E-state index contributed by atoms with van der Waals surface area (Å²) in [7, 11) is 0. The minimum atomic E-state index is -1.10. The van der Waals surface area contributed by atoms with E-state index in [2.05, 4.69) is 20.1 Å². The molecule has 13 nitrogen and oxygen atoms in total. The van der Waals surface area contributed by atoms with Crippen molar-refractivity contribution in [3.63, 3.8) is 0 Å². The molecule has 1 aliphatic rings. The Kier molecular flexibility index (Phi) is 6.24. The van der Waals surface area contributed by atoms with E-state index < -0.39 is 42.4 Å². The third-order valence-corrected chi connectivity index (χ3v) is 4.94. The van der Waals surface area contributed by atoms with Crippen LogP contribution in [0.15, 0.2) is 23.2 Å². The maximum atomic E-state index is 11.9. The van der Waals surface area contributed by atoms with Gasteiger partial charge in [0.15, 0.2) is 41.1 Å². The monoisotopic (exact) mass is 479 g/mol. The fourth-order valence-corrected chi connectivity index (χ4v) is 3.62. The molecule has 33 heavy (non-hydrogen) atoms. The quantitative estimate of drug-likeness (QED) is 0.286. The Bertz CT molecular complexity index is 1210. The molecular weight excluding hydrogens is 462 g/mol. The second-order valence-electron chi connectivity index (χ2n) is 7.08. The molecule has 0 unspecified atom stereocenters. The lowest BCUT2D eigenvalue weighted by Gasteiger charge is -2.23. The zero-order chi connectivity index (χ0) is 23.7. The summed E-state index contributed by atoms with van der Waals surface area (Å²) in [6.07, 6.45) is -1.58. The maximum absolute atomic E-state index is 11.9. The number of hydrogen-bond acceptors (Lipinski definition) is 12. The molecule has 0 aromatic carbocycles. The van der Waals surface area contributed by atoms with Crippen molar-refractivity contribution >= 4 is 40.7 Å².